The van der Waals surface area contributed by atoms with E-state index in [0.29, 0.717) is 11.7 Å². The Morgan fingerprint density at radius 2 is 2.04 bits per heavy atom. The Labute approximate surface area is 169 Å². The zero-order valence-electron chi connectivity index (χ0n) is 15.8. The number of aryl methyl sites for hydroxylation is 1. The van der Waals surface area contributed by atoms with E-state index < -0.39 is 16.6 Å². The molecule has 10 heteroatoms. The molecule has 1 N–H and O–H groups in total. The average molecular weight is 427 g/mol. The van der Waals surface area contributed by atoms with Crippen molar-refractivity contribution in [3.63, 3.8) is 0 Å². The van der Waals surface area contributed by atoms with Crippen molar-refractivity contribution in [3.8, 4) is 0 Å². The number of anilines is 1. The van der Waals surface area contributed by atoms with Crippen molar-refractivity contribution in [2.24, 2.45) is 5.92 Å². The Morgan fingerprint density at radius 1 is 1.32 bits per heavy atom. The highest BCUT2D eigenvalue weighted by atomic mass is 35.5. The zero-order chi connectivity index (χ0) is 20.3. The number of amides is 1. The van der Waals surface area contributed by atoms with Gasteiger partial charge in [-0.1, -0.05) is 23.7 Å². The molecule has 0 unspecified atom stereocenters. The zero-order valence-corrected chi connectivity index (χ0v) is 17.3. The van der Waals surface area contributed by atoms with Crippen molar-refractivity contribution in [1.82, 2.24) is 15.5 Å². The van der Waals surface area contributed by atoms with Gasteiger partial charge >= 0.3 is 0 Å². The summed E-state index contributed by atoms with van der Waals surface area (Å²) in [6, 6.07) is 4.25. The topological polar surface area (TPSA) is 105 Å². The second-order valence-corrected chi connectivity index (χ2v) is 9.40. The van der Waals surface area contributed by atoms with Crippen LogP contribution in [-0.4, -0.2) is 37.1 Å². The van der Waals surface area contributed by atoms with Crippen LogP contribution in [0.25, 0.3) is 0 Å². The summed E-state index contributed by atoms with van der Waals surface area (Å²) in [7, 11) is -4.07. The molecule has 0 aromatic carbocycles. The summed E-state index contributed by atoms with van der Waals surface area (Å²) >= 11 is 5.75. The van der Waals surface area contributed by atoms with Gasteiger partial charge in [-0.3, -0.25) is 4.79 Å². The molecule has 3 rings (SSSR count). The van der Waals surface area contributed by atoms with Crippen molar-refractivity contribution < 1.29 is 17.7 Å². The standard InChI is InChI=1S/C18H23ClN4O4S/c1-12-3-5-14(6-4-12)21-18(24)11-23(17-9-13(2)27-22-17)28(25,26)15-7-8-16(19)20-10-15/h7-10,12,14H,3-6,11H2,1-2H3,(H,21,24). The van der Waals surface area contributed by atoms with Gasteiger partial charge in [0.05, 0.1) is 0 Å². The third-order valence-electron chi connectivity index (χ3n) is 4.83. The van der Waals surface area contributed by atoms with Crippen LogP contribution in [0.5, 0.6) is 0 Å². The number of halogens is 1. The fourth-order valence-electron chi connectivity index (χ4n) is 3.21. The molecular formula is C18H23ClN4O4S. The molecule has 28 heavy (non-hydrogen) atoms. The van der Waals surface area contributed by atoms with Crippen molar-refractivity contribution in [3.05, 3.63) is 35.3 Å². The minimum atomic E-state index is -4.07. The van der Waals surface area contributed by atoms with Gasteiger partial charge in [-0.2, -0.15) is 0 Å². The Balaban J connectivity index is 1.81. The first kappa shape index (κ1) is 20.6. The van der Waals surface area contributed by atoms with E-state index >= 15 is 0 Å². The van der Waals surface area contributed by atoms with Crippen LogP contribution in [0.1, 0.15) is 38.4 Å². The summed E-state index contributed by atoms with van der Waals surface area (Å²) in [5.41, 5.74) is 0. The molecule has 8 nitrogen and oxygen atoms in total. The molecule has 0 atom stereocenters. The lowest BCUT2D eigenvalue weighted by molar-refractivity contribution is -0.120. The Morgan fingerprint density at radius 3 is 2.61 bits per heavy atom. The number of aromatic nitrogens is 2. The molecule has 0 radical (unpaired) electrons. The van der Waals surface area contributed by atoms with Gasteiger partial charge in [0.1, 0.15) is 22.4 Å². The maximum atomic E-state index is 13.1. The molecule has 1 aliphatic carbocycles. The lowest BCUT2D eigenvalue weighted by Crippen LogP contribution is -2.45. The minimum Gasteiger partial charge on any atom is -0.360 e. The van der Waals surface area contributed by atoms with Crippen LogP contribution < -0.4 is 9.62 Å². The quantitative estimate of drug-likeness (QED) is 0.712. The van der Waals surface area contributed by atoms with Gasteiger partial charge in [0.15, 0.2) is 5.82 Å². The second-order valence-electron chi connectivity index (χ2n) is 7.15. The van der Waals surface area contributed by atoms with Crippen LogP contribution in [-0.2, 0) is 14.8 Å². The number of nitrogens with one attached hydrogen (secondary N) is 1. The Bertz CT molecular complexity index is 921. The SMILES string of the molecule is Cc1cc(N(CC(=O)NC2CCC(C)CC2)S(=O)(=O)c2ccc(Cl)nc2)no1. The molecule has 1 saturated carbocycles. The van der Waals surface area contributed by atoms with Gasteiger partial charge in [-0.25, -0.2) is 17.7 Å². The van der Waals surface area contributed by atoms with Crippen LogP contribution in [0.2, 0.25) is 5.15 Å². The second kappa shape index (κ2) is 8.48. The first-order valence-corrected chi connectivity index (χ1v) is 10.9. The third kappa shape index (κ3) is 4.82. The lowest BCUT2D eigenvalue weighted by atomic mass is 9.87. The normalized spacial score (nSPS) is 20.0. The molecule has 0 spiro atoms. The lowest BCUT2D eigenvalue weighted by Gasteiger charge is -2.28. The van der Waals surface area contributed by atoms with Crippen LogP contribution >= 0.6 is 11.6 Å². The fraction of sp³-hybridized carbons (Fsp3) is 0.500. The molecule has 1 aliphatic rings. The number of carbonyl (C=O) groups excluding carboxylic acids is 1. The van der Waals surface area contributed by atoms with Crippen LogP contribution in [0.15, 0.2) is 33.8 Å². The minimum absolute atomic E-state index is 0.0415. The predicted octanol–water partition coefficient (Wildman–Crippen LogP) is 2.92. The Kier molecular flexibility index (Phi) is 6.24. The number of carbonyl (C=O) groups is 1. The van der Waals surface area contributed by atoms with Gasteiger partial charge < -0.3 is 9.84 Å². The molecule has 2 aromatic heterocycles. The molecule has 1 amide bonds. The number of nitrogens with zero attached hydrogens (tertiary/aromatic N) is 3. The third-order valence-corrected chi connectivity index (χ3v) is 6.78. The van der Waals surface area contributed by atoms with Crippen molar-refractivity contribution in [2.45, 2.75) is 50.5 Å². The highest BCUT2D eigenvalue weighted by molar-refractivity contribution is 7.92. The highest BCUT2D eigenvalue weighted by Gasteiger charge is 2.31. The molecule has 0 bridgehead atoms. The van der Waals surface area contributed by atoms with Crippen LogP contribution in [0, 0.1) is 12.8 Å². The first-order valence-electron chi connectivity index (χ1n) is 9.12. The van der Waals surface area contributed by atoms with Crippen molar-refractivity contribution >= 4 is 33.3 Å². The van der Waals surface area contributed by atoms with Gasteiger partial charge in [-0.15, -0.1) is 0 Å². The molecule has 0 aliphatic heterocycles. The van der Waals surface area contributed by atoms with E-state index in [4.69, 9.17) is 16.1 Å². The Hall–Kier alpha value is -2.13. The van der Waals surface area contributed by atoms with E-state index in [9.17, 15) is 13.2 Å². The van der Waals surface area contributed by atoms with E-state index in [0.717, 1.165) is 36.2 Å². The van der Waals surface area contributed by atoms with Gasteiger partial charge in [0.25, 0.3) is 10.0 Å². The number of rotatable bonds is 6. The number of pyridine rings is 1. The van der Waals surface area contributed by atoms with E-state index in [-0.39, 0.29) is 27.8 Å². The number of hydrogen-bond acceptors (Lipinski definition) is 6. The highest BCUT2D eigenvalue weighted by Crippen LogP contribution is 2.25. The summed E-state index contributed by atoms with van der Waals surface area (Å²) in [5, 5.41) is 6.89. The summed E-state index contributed by atoms with van der Waals surface area (Å²) in [6.07, 6.45) is 5.03. The molecule has 2 heterocycles. The molecule has 0 saturated heterocycles. The van der Waals surface area contributed by atoms with Crippen LogP contribution in [0.4, 0.5) is 5.82 Å². The average Bonchev–Trinajstić information content (AvgIpc) is 3.08. The van der Waals surface area contributed by atoms with Gasteiger partial charge in [-0.05, 0) is 50.7 Å². The largest absolute Gasteiger partial charge is 0.360 e. The first-order chi connectivity index (χ1) is 13.3. The number of hydrogen-bond donors (Lipinski definition) is 1. The van der Waals surface area contributed by atoms with Gasteiger partial charge in [0, 0.05) is 18.3 Å². The molecule has 152 valence electrons. The van der Waals surface area contributed by atoms with Crippen molar-refractivity contribution in [2.75, 3.05) is 10.8 Å². The summed E-state index contributed by atoms with van der Waals surface area (Å²) < 4.78 is 32.2. The smallest absolute Gasteiger partial charge is 0.267 e. The van der Waals surface area contributed by atoms with Crippen molar-refractivity contribution in [1.29, 1.82) is 0 Å². The predicted molar refractivity (Wildman–Crippen MR) is 105 cm³/mol. The summed E-state index contributed by atoms with van der Waals surface area (Å²) in [4.78, 5) is 16.3. The van der Waals surface area contributed by atoms with E-state index in [1.807, 2.05) is 0 Å². The van der Waals surface area contributed by atoms with E-state index in [1.165, 1.54) is 18.2 Å². The van der Waals surface area contributed by atoms with Crippen LogP contribution in [0.3, 0.4) is 0 Å². The molecule has 2 aromatic rings. The maximum Gasteiger partial charge on any atom is 0.267 e. The fourth-order valence-corrected chi connectivity index (χ4v) is 4.62. The van der Waals surface area contributed by atoms with Gasteiger partial charge in [0.2, 0.25) is 5.91 Å². The monoisotopic (exact) mass is 426 g/mol. The summed E-state index contributed by atoms with van der Waals surface area (Å²) in [5.74, 6) is 0.747. The molecular weight excluding hydrogens is 404 g/mol. The maximum absolute atomic E-state index is 13.1. The molecule has 1 fully saturated rings. The number of sulfonamides is 1. The van der Waals surface area contributed by atoms with E-state index in [2.05, 4.69) is 22.4 Å². The van der Waals surface area contributed by atoms with E-state index in [1.54, 1.807) is 6.92 Å². The summed E-state index contributed by atoms with van der Waals surface area (Å²) in [6.45, 7) is 3.44.